The number of ether oxygens (including phenoxy) is 1. The van der Waals surface area contributed by atoms with Crippen molar-refractivity contribution in [1.82, 2.24) is 15.3 Å². The summed E-state index contributed by atoms with van der Waals surface area (Å²) in [6.45, 7) is 2.12. The van der Waals surface area contributed by atoms with Gasteiger partial charge in [0.05, 0.1) is 4.47 Å². The smallest absolute Gasteiger partial charge is 0.324 e. The van der Waals surface area contributed by atoms with E-state index in [1.807, 2.05) is 31.2 Å². The second-order valence-corrected chi connectivity index (χ2v) is 5.02. The fourth-order valence-corrected chi connectivity index (χ4v) is 1.84. The summed E-state index contributed by atoms with van der Waals surface area (Å²) in [6.07, 6.45) is 3.97. The number of nitrogens with one attached hydrogen (secondary N) is 2. The Morgan fingerprint density at radius 1 is 1.29 bits per heavy atom. The minimum atomic E-state index is -0.425. The Labute approximate surface area is 131 Å². The van der Waals surface area contributed by atoms with Crippen molar-refractivity contribution in [3.63, 3.8) is 0 Å². The second kappa shape index (κ2) is 7.58. The number of amides is 2. The number of para-hydroxylation sites is 1. The molecular weight excluding hydrogens is 336 g/mol. The highest BCUT2D eigenvalue weighted by atomic mass is 79.9. The third-order valence-electron chi connectivity index (χ3n) is 2.66. The van der Waals surface area contributed by atoms with Gasteiger partial charge in [-0.05, 0) is 34.0 Å². The second-order valence-electron chi connectivity index (χ2n) is 4.11. The molecule has 2 rings (SSSR count). The number of carbonyl (C=O) groups excluding carboxylic acids is 1. The molecule has 0 spiro atoms. The molecule has 0 aliphatic heterocycles. The summed E-state index contributed by atoms with van der Waals surface area (Å²) in [7, 11) is 0. The van der Waals surface area contributed by atoms with Crippen molar-refractivity contribution < 1.29 is 9.53 Å². The third-order valence-corrected chi connectivity index (χ3v) is 3.07. The lowest BCUT2D eigenvalue weighted by atomic mass is 10.1. The first kappa shape index (κ1) is 15.2. The van der Waals surface area contributed by atoms with Crippen molar-refractivity contribution in [2.75, 3.05) is 12.0 Å². The summed E-state index contributed by atoms with van der Waals surface area (Å²) in [5.41, 5.74) is 1.09. The monoisotopic (exact) mass is 350 g/mol. The first-order chi connectivity index (χ1) is 10.2. The van der Waals surface area contributed by atoms with E-state index in [0.29, 0.717) is 0 Å². The highest BCUT2D eigenvalue weighted by Crippen LogP contribution is 2.17. The zero-order valence-corrected chi connectivity index (χ0v) is 13.1. The fraction of sp³-hybridized carbons (Fsp3) is 0.214. The number of aromatic nitrogens is 2. The van der Waals surface area contributed by atoms with Crippen LogP contribution in [0.2, 0.25) is 0 Å². The lowest BCUT2D eigenvalue weighted by Crippen LogP contribution is -2.32. The number of carbonyl (C=O) groups is 1. The van der Waals surface area contributed by atoms with Gasteiger partial charge in [0.2, 0.25) is 5.95 Å². The van der Waals surface area contributed by atoms with Gasteiger partial charge in [-0.1, -0.05) is 25.1 Å². The first-order valence-corrected chi connectivity index (χ1v) is 7.21. The molecule has 110 valence electrons. The standard InChI is InChI=1S/C14H15BrN4O2/c1-2-10-5-3-4-6-12(10)21-9-18-14(20)19-13-16-7-11(15)8-17-13/h3-8H,2,9H2,1H3,(H2,16,17,18,19,20). The van der Waals surface area contributed by atoms with Crippen LogP contribution < -0.4 is 15.4 Å². The van der Waals surface area contributed by atoms with Crippen LogP contribution in [-0.2, 0) is 6.42 Å². The summed E-state index contributed by atoms with van der Waals surface area (Å²) in [6, 6.07) is 7.29. The van der Waals surface area contributed by atoms with E-state index in [1.165, 1.54) is 0 Å². The number of halogens is 1. The Kier molecular flexibility index (Phi) is 5.51. The van der Waals surface area contributed by atoms with Crippen LogP contribution in [0.4, 0.5) is 10.7 Å². The van der Waals surface area contributed by atoms with Crippen LogP contribution >= 0.6 is 15.9 Å². The Hall–Kier alpha value is -2.15. The molecule has 0 aliphatic carbocycles. The van der Waals surface area contributed by atoms with Gasteiger partial charge in [0.1, 0.15) is 5.75 Å². The van der Waals surface area contributed by atoms with Crippen LogP contribution in [0.3, 0.4) is 0 Å². The molecule has 2 N–H and O–H groups in total. The number of anilines is 1. The van der Waals surface area contributed by atoms with E-state index in [4.69, 9.17) is 4.74 Å². The summed E-state index contributed by atoms with van der Waals surface area (Å²) in [4.78, 5) is 19.5. The van der Waals surface area contributed by atoms with Gasteiger partial charge in [-0.2, -0.15) is 0 Å². The number of rotatable bonds is 5. The van der Waals surface area contributed by atoms with Gasteiger partial charge in [0.15, 0.2) is 6.73 Å². The Bertz CT molecular complexity index is 604. The molecule has 0 aliphatic rings. The highest BCUT2D eigenvalue weighted by Gasteiger charge is 2.05. The summed E-state index contributed by atoms with van der Waals surface area (Å²) in [5.74, 6) is 0.991. The minimum absolute atomic E-state index is 0.0688. The molecule has 0 atom stereocenters. The van der Waals surface area contributed by atoms with E-state index in [1.54, 1.807) is 12.4 Å². The quantitative estimate of drug-likeness (QED) is 0.812. The Balaban J connectivity index is 1.80. The van der Waals surface area contributed by atoms with E-state index in [2.05, 4.69) is 36.5 Å². The van der Waals surface area contributed by atoms with Crippen molar-refractivity contribution >= 4 is 27.9 Å². The van der Waals surface area contributed by atoms with E-state index in [9.17, 15) is 4.79 Å². The van der Waals surface area contributed by atoms with Crippen molar-refractivity contribution in [3.8, 4) is 5.75 Å². The van der Waals surface area contributed by atoms with Crippen molar-refractivity contribution in [3.05, 3.63) is 46.7 Å². The maximum Gasteiger partial charge on any atom is 0.324 e. The zero-order chi connectivity index (χ0) is 15.1. The number of benzene rings is 1. The lowest BCUT2D eigenvalue weighted by Gasteiger charge is -2.11. The van der Waals surface area contributed by atoms with Gasteiger partial charge in [-0.3, -0.25) is 5.32 Å². The molecule has 2 amide bonds. The first-order valence-electron chi connectivity index (χ1n) is 6.42. The summed E-state index contributed by atoms with van der Waals surface area (Å²) < 4.78 is 6.28. The maximum atomic E-state index is 11.6. The maximum absolute atomic E-state index is 11.6. The van der Waals surface area contributed by atoms with Crippen LogP contribution in [0.5, 0.6) is 5.75 Å². The van der Waals surface area contributed by atoms with E-state index >= 15 is 0 Å². The molecule has 0 fully saturated rings. The normalized spacial score (nSPS) is 10.0. The van der Waals surface area contributed by atoms with E-state index in [-0.39, 0.29) is 12.7 Å². The molecule has 1 heterocycles. The van der Waals surface area contributed by atoms with Gasteiger partial charge >= 0.3 is 6.03 Å². The average Bonchev–Trinajstić information content (AvgIpc) is 2.50. The molecule has 1 aromatic heterocycles. The van der Waals surface area contributed by atoms with Gasteiger partial charge in [-0.25, -0.2) is 14.8 Å². The topological polar surface area (TPSA) is 76.1 Å². The van der Waals surface area contributed by atoms with Crippen molar-refractivity contribution in [1.29, 1.82) is 0 Å². The SMILES string of the molecule is CCc1ccccc1OCNC(=O)Nc1ncc(Br)cn1. The summed E-state index contributed by atoms with van der Waals surface area (Å²) >= 11 is 3.22. The molecule has 0 saturated heterocycles. The fourth-order valence-electron chi connectivity index (χ4n) is 1.64. The van der Waals surface area contributed by atoms with Crippen molar-refractivity contribution in [2.24, 2.45) is 0 Å². The zero-order valence-electron chi connectivity index (χ0n) is 11.5. The lowest BCUT2D eigenvalue weighted by molar-refractivity contribution is 0.234. The average molecular weight is 351 g/mol. The minimum Gasteiger partial charge on any atom is -0.473 e. The predicted octanol–water partition coefficient (Wildman–Crippen LogP) is 2.96. The molecule has 2 aromatic rings. The molecule has 7 heteroatoms. The van der Waals surface area contributed by atoms with Crippen LogP contribution in [0, 0.1) is 0 Å². The van der Waals surface area contributed by atoms with Crippen LogP contribution in [0.1, 0.15) is 12.5 Å². The van der Waals surface area contributed by atoms with Gasteiger partial charge in [0, 0.05) is 12.4 Å². The predicted molar refractivity (Wildman–Crippen MR) is 83.2 cm³/mol. The molecule has 6 nitrogen and oxygen atoms in total. The van der Waals surface area contributed by atoms with E-state index in [0.717, 1.165) is 22.2 Å². The molecule has 0 radical (unpaired) electrons. The number of hydrogen-bond donors (Lipinski definition) is 2. The molecule has 0 saturated carbocycles. The van der Waals surface area contributed by atoms with Crippen molar-refractivity contribution in [2.45, 2.75) is 13.3 Å². The van der Waals surface area contributed by atoms with E-state index < -0.39 is 6.03 Å². The third kappa shape index (κ3) is 4.71. The number of aryl methyl sites for hydroxylation is 1. The molecule has 0 bridgehead atoms. The summed E-state index contributed by atoms with van der Waals surface area (Å²) in [5, 5.41) is 5.09. The Morgan fingerprint density at radius 2 is 2.00 bits per heavy atom. The van der Waals surface area contributed by atoms with Gasteiger partial charge in [-0.15, -0.1) is 0 Å². The number of hydrogen-bond acceptors (Lipinski definition) is 4. The van der Waals surface area contributed by atoms with Gasteiger partial charge < -0.3 is 10.1 Å². The number of nitrogens with zero attached hydrogens (tertiary/aromatic N) is 2. The molecule has 21 heavy (non-hydrogen) atoms. The largest absolute Gasteiger partial charge is 0.473 e. The van der Waals surface area contributed by atoms with Crippen LogP contribution in [0.15, 0.2) is 41.1 Å². The number of urea groups is 1. The highest BCUT2D eigenvalue weighted by molar-refractivity contribution is 9.10. The van der Waals surface area contributed by atoms with Gasteiger partial charge in [0.25, 0.3) is 0 Å². The van der Waals surface area contributed by atoms with Crippen LogP contribution in [-0.4, -0.2) is 22.7 Å². The van der Waals surface area contributed by atoms with Crippen LogP contribution in [0.25, 0.3) is 0 Å². The molecule has 1 aromatic carbocycles. The molecule has 0 unspecified atom stereocenters. The molecular formula is C14H15BrN4O2. The Morgan fingerprint density at radius 3 is 2.71 bits per heavy atom.